The number of rotatable bonds is 4. The standard InChI is InChI=1S/C18H17BrN2O5/c1-9-17(22)21-14-6-10(4-5-15(14)26-9)20-18(23)12-7-11(24-2)8-13(19)16(12)25-3/h4-9H,1-3H3,(H,20,23)(H,21,22). The number of hydrogen-bond donors (Lipinski definition) is 2. The Morgan fingerprint density at radius 1 is 1.23 bits per heavy atom. The van der Waals surface area contributed by atoms with E-state index in [2.05, 4.69) is 26.6 Å². The first-order valence-electron chi connectivity index (χ1n) is 7.77. The van der Waals surface area contributed by atoms with Gasteiger partial charge < -0.3 is 24.8 Å². The van der Waals surface area contributed by atoms with Gasteiger partial charge in [-0.25, -0.2) is 0 Å². The summed E-state index contributed by atoms with van der Waals surface area (Å²) in [5.74, 6) is 0.851. The fourth-order valence-corrected chi connectivity index (χ4v) is 3.15. The van der Waals surface area contributed by atoms with Crippen LogP contribution in [0.1, 0.15) is 17.3 Å². The molecule has 8 heteroatoms. The largest absolute Gasteiger partial charge is 0.497 e. The highest BCUT2D eigenvalue weighted by atomic mass is 79.9. The Hall–Kier alpha value is -2.74. The Morgan fingerprint density at radius 3 is 2.69 bits per heavy atom. The first kappa shape index (κ1) is 18.1. The zero-order valence-corrected chi connectivity index (χ0v) is 16.0. The van der Waals surface area contributed by atoms with Crippen LogP contribution in [0.3, 0.4) is 0 Å². The molecule has 1 atom stereocenters. The van der Waals surface area contributed by atoms with Gasteiger partial charge in [-0.15, -0.1) is 0 Å². The smallest absolute Gasteiger partial charge is 0.265 e. The van der Waals surface area contributed by atoms with Crippen molar-refractivity contribution in [3.8, 4) is 17.2 Å². The van der Waals surface area contributed by atoms with Crippen molar-refractivity contribution in [2.24, 2.45) is 0 Å². The van der Waals surface area contributed by atoms with Gasteiger partial charge in [0.15, 0.2) is 6.10 Å². The van der Waals surface area contributed by atoms with Crippen LogP contribution < -0.4 is 24.8 Å². The van der Waals surface area contributed by atoms with E-state index in [9.17, 15) is 9.59 Å². The molecule has 0 saturated heterocycles. The molecule has 1 aliphatic heterocycles. The molecule has 0 spiro atoms. The monoisotopic (exact) mass is 420 g/mol. The second-order valence-electron chi connectivity index (χ2n) is 5.60. The van der Waals surface area contributed by atoms with Gasteiger partial charge in [0.1, 0.15) is 17.2 Å². The van der Waals surface area contributed by atoms with E-state index in [0.717, 1.165) is 0 Å². The third-order valence-electron chi connectivity index (χ3n) is 3.87. The lowest BCUT2D eigenvalue weighted by Gasteiger charge is -2.23. The molecule has 3 rings (SSSR count). The number of nitrogens with one attached hydrogen (secondary N) is 2. The fraction of sp³-hybridized carbons (Fsp3) is 0.222. The molecule has 1 aliphatic rings. The van der Waals surface area contributed by atoms with Crippen LogP contribution in [0.2, 0.25) is 0 Å². The predicted octanol–water partition coefficient (Wildman–Crippen LogP) is 3.44. The van der Waals surface area contributed by atoms with Gasteiger partial charge in [0.25, 0.3) is 11.8 Å². The zero-order valence-electron chi connectivity index (χ0n) is 14.4. The van der Waals surface area contributed by atoms with Crippen LogP contribution in [-0.2, 0) is 4.79 Å². The molecule has 0 aromatic heterocycles. The maximum absolute atomic E-state index is 12.7. The highest BCUT2D eigenvalue weighted by Crippen LogP contribution is 2.35. The molecule has 0 fully saturated rings. The summed E-state index contributed by atoms with van der Waals surface area (Å²) in [4.78, 5) is 24.5. The lowest BCUT2D eigenvalue weighted by Crippen LogP contribution is -2.34. The SMILES string of the molecule is COc1cc(Br)c(OC)c(C(=O)Nc2ccc3c(c2)NC(=O)C(C)O3)c1. The molecule has 2 amide bonds. The summed E-state index contributed by atoms with van der Waals surface area (Å²) >= 11 is 3.37. The highest BCUT2D eigenvalue weighted by Gasteiger charge is 2.24. The Labute approximate surface area is 158 Å². The minimum absolute atomic E-state index is 0.237. The number of ether oxygens (including phenoxy) is 3. The first-order valence-corrected chi connectivity index (χ1v) is 8.56. The van der Waals surface area contributed by atoms with Crippen LogP contribution in [-0.4, -0.2) is 32.1 Å². The Kier molecular flexibility index (Phi) is 5.03. The van der Waals surface area contributed by atoms with E-state index in [4.69, 9.17) is 14.2 Å². The number of halogens is 1. The number of carbonyl (C=O) groups is 2. The van der Waals surface area contributed by atoms with Gasteiger partial charge in [-0.2, -0.15) is 0 Å². The molecule has 2 aromatic rings. The van der Waals surface area contributed by atoms with Crippen LogP contribution in [0.25, 0.3) is 0 Å². The second-order valence-corrected chi connectivity index (χ2v) is 6.46. The molecule has 0 radical (unpaired) electrons. The fourth-order valence-electron chi connectivity index (χ4n) is 2.55. The number of amides is 2. The van der Waals surface area contributed by atoms with Crippen LogP contribution in [0.15, 0.2) is 34.8 Å². The number of benzene rings is 2. The van der Waals surface area contributed by atoms with E-state index in [1.807, 2.05) is 0 Å². The lowest BCUT2D eigenvalue weighted by atomic mass is 10.1. The maximum atomic E-state index is 12.7. The Bertz CT molecular complexity index is 884. The number of fused-ring (bicyclic) bond motifs is 1. The van der Waals surface area contributed by atoms with Gasteiger partial charge in [-0.3, -0.25) is 9.59 Å². The first-order chi connectivity index (χ1) is 12.4. The van der Waals surface area contributed by atoms with Gasteiger partial charge in [-0.1, -0.05) is 0 Å². The quantitative estimate of drug-likeness (QED) is 0.790. The van der Waals surface area contributed by atoms with Gasteiger partial charge >= 0.3 is 0 Å². The molecule has 1 unspecified atom stereocenters. The average Bonchev–Trinajstić information content (AvgIpc) is 2.62. The predicted molar refractivity (Wildman–Crippen MR) is 100 cm³/mol. The number of anilines is 2. The van der Waals surface area contributed by atoms with Crippen LogP contribution in [0, 0.1) is 0 Å². The van der Waals surface area contributed by atoms with Crippen LogP contribution in [0.4, 0.5) is 11.4 Å². The molecule has 26 heavy (non-hydrogen) atoms. The molecule has 0 saturated carbocycles. The minimum Gasteiger partial charge on any atom is -0.497 e. The third kappa shape index (κ3) is 3.45. The third-order valence-corrected chi connectivity index (χ3v) is 4.46. The Balaban J connectivity index is 1.88. The summed E-state index contributed by atoms with van der Waals surface area (Å²) < 4.78 is 16.6. The van der Waals surface area contributed by atoms with Crippen molar-refractivity contribution in [3.63, 3.8) is 0 Å². The molecule has 2 N–H and O–H groups in total. The van der Waals surface area contributed by atoms with Gasteiger partial charge in [0.05, 0.1) is 29.9 Å². The summed E-state index contributed by atoms with van der Waals surface area (Å²) in [6.45, 7) is 1.67. The normalized spacial score (nSPS) is 15.4. The summed E-state index contributed by atoms with van der Waals surface area (Å²) in [6, 6.07) is 8.33. The molecule has 0 aliphatic carbocycles. The molecule has 7 nitrogen and oxygen atoms in total. The molecular weight excluding hydrogens is 404 g/mol. The number of hydrogen-bond acceptors (Lipinski definition) is 5. The molecule has 0 bridgehead atoms. The second kappa shape index (κ2) is 7.25. The lowest BCUT2D eigenvalue weighted by molar-refractivity contribution is -0.122. The summed E-state index contributed by atoms with van der Waals surface area (Å²) in [6.07, 6.45) is -0.554. The molecule has 2 aromatic carbocycles. The molecule has 136 valence electrons. The topological polar surface area (TPSA) is 85.9 Å². The van der Waals surface area contributed by atoms with E-state index < -0.39 is 6.10 Å². The van der Waals surface area contributed by atoms with Crippen molar-refractivity contribution in [2.75, 3.05) is 24.9 Å². The van der Waals surface area contributed by atoms with E-state index >= 15 is 0 Å². The van der Waals surface area contributed by atoms with Gasteiger partial charge in [-0.05, 0) is 53.2 Å². The van der Waals surface area contributed by atoms with Crippen molar-refractivity contribution in [1.82, 2.24) is 0 Å². The number of carbonyl (C=O) groups excluding carboxylic acids is 2. The average molecular weight is 421 g/mol. The van der Waals surface area contributed by atoms with Crippen molar-refractivity contribution in [1.29, 1.82) is 0 Å². The van der Waals surface area contributed by atoms with Crippen LogP contribution >= 0.6 is 15.9 Å². The minimum atomic E-state index is -0.554. The summed E-state index contributed by atoms with van der Waals surface area (Å²) in [5, 5.41) is 5.53. The maximum Gasteiger partial charge on any atom is 0.265 e. The van der Waals surface area contributed by atoms with Gasteiger partial charge in [0.2, 0.25) is 0 Å². The van der Waals surface area contributed by atoms with Crippen molar-refractivity contribution >= 4 is 39.1 Å². The zero-order chi connectivity index (χ0) is 18.8. The van der Waals surface area contributed by atoms with E-state index in [0.29, 0.717) is 38.7 Å². The van der Waals surface area contributed by atoms with E-state index in [1.165, 1.54) is 14.2 Å². The van der Waals surface area contributed by atoms with Crippen molar-refractivity contribution in [2.45, 2.75) is 13.0 Å². The molecular formula is C18H17BrN2O5. The van der Waals surface area contributed by atoms with Gasteiger partial charge in [0, 0.05) is 5.69 Å². The van der Waals surface area contributed by atoms with Crippen LogP contribution in [0.5, 0.6) is 17.2 Å². The summed E-state index contributed by atoms with van der Waals surface area (Å²) in [7, 11) is 3.00. The summed E-state index contributed by atoms with van der Waals surface area (Å²) in [5.41, 5.74) is 1.32. The molecule has 1 heterocycles. The van der Waals surface area contributed by atoms with Crippen molar-refractivity contribution in [3.05, 3.63) is 40.4 Å². The highest BCUT2D eigenvalue weighted by molar-refractivity contribution is 9.10. The van der Waals surface area contributed by atoms with E-state index in [-0.39, 0.29) is 11.8 Å². The number of methoxy groups -OCH3 is 2. The van der Waals surface area contributed by atoms with Crippen molar-refractivity contribution < 1.29 is 23.8 Å². The van der Waals surface area contributed by atoms with E-state index in [1.54, 1.807) is 37.3 Å². The Morgan fingerprint density at radius 2 is 2.00 bits per heavy atom.